The predicted octanol–water partition coefficient (Wildman–Crippen LogP) is -0.916. The van der Waals surface area contributed by atoms with Crippen LogP contribution < -0.4 is 5.32 Å². The van der Waals surface area contributed by atoms with E-state index in [0.29, 0.717) is 13.0 Å². The van der Waals surface area contributed by atoms with Crippen molar-refractivity contribution in [1.82, 2.24) is 15.1 Å². The van der Waals surface area contributed by atoms with Crippen molar-refractivity contribution in [2.75, 3.05) is 26.7 Å². The minimum Gasteiger partial charge on any atom is -0.480 e. The summed E-state index contributed by atoms with van der Waals surface area (Å²) in [7, 11) is 1.47. The number of carbonyl (C=O) groups excluding carboxylic acids is 2. The molecule has 3 N–H and O–H groups in total. The van der Waals surface area contributed by atoms with E-state index in [1.165, 1.54) is 11.9 Å². The summed E-state index contributed by atoms with van der Waals surface area (Å²) in [5.41, 5.74) is 0. The summed E-state index contributed by atoms with van der Waals surface area (Å²) in [6, 6.07) is -1.57. The molecule has 0 spiro atoms. The molecule has 2 atom stereocenters. The van der Waals surface area contributed by atoms with E-state index in [0.717, 1.165) is 4.90 Å². The Morgan fingerprint density at radius 1 is 1.40 bits per heavy atom. The number of urea groups is 1. The van der Waals surface area contributed by atoms with Crippen molar-refractivity contribution in [3.05, 3.63) is 0 Å². The number of β-amino-alcohol motifs (C(OH)–C–C–N with tert-alkyl or cyclic N) is 1. The summed E-state index contributed by atoms with van der Waals surface area (Å²) in [4.78, 5) is 37.3. The van der Waals surface area contributed by atoms with E-state index in [4.69, 9.17) is 5.11 Å². The molecule has 1 fully saturated rings. The number of carboxylic acid groups (broad SMARTS) is 1. The van der Waals surface area contributed by atoms with Crippen LogP contribution in [0.15, 0.2) is 0 Å². The first-order valence-corrected chi connectivity index (χ1v) is 6.57. The van der Waals surface area contributed by atoms with Gasteiger partial charge >= 0.3 is 12.0 Å². The number of amides is 3. The van der Waals surface area contributed by atoms with Gasteiger partial charge in [0.1, 0.15) is 12.6 Å². The molecular weight excluding hydrogens is 266 g/mol. The summed E-state index contributed by atoms with van der Waals surface area (Å²) in [6.07, 6.45) is -0.179. The first kappa shape index (κ1) is 16.2. The number of carbonyl (C=O) groups is 3. The average molecular weight is 287 g/mol. The lowest BCUT2D eigenvalue weighted by atomic mass is 10.2. The largest absolute Gasteiger partial charge is 0.480 e. The van der Waals surface area contributed by atoms with E-state index in [-0.39, 0.29) is 25.4 Å². The lowest BCUT2D eigenvalue weighted by Crippen LogP contribution is -2.50. The number of carboxylic acids is 1. The van der Waals surface area contributed by atoms with Crippen LogP contribution in [0, 0.1) is 0 Å². The lowest BCUT2D eigenvalue weighted by Gasteiger charge is -2.29. The van der Waals surface area contributed by atoms with Crippen molar-refractivity contribution >= 4 is 17.9 Å². The Bertz CT molecular complexity index is 387. The van der Waals surface area contributed by atoms with Crippen molar-refractivity contribution in [3.63, 3.8) is 0 Å². The Hall–Kier alpha value is -1.83. The smallest absolute Gasteiger partial charge is 0.326 e. The third-order valence-corrected chi connectivity index (χ3v) is 3.19. The molecule has 0 aliphatic carbocycles. The Morgan fingerprint density at radius 2 is 2.05 bits per heavy atom. The SMILES string of the molecule is CCCN(CC(=O)NC)C(=O)N1CC(O)C[C@H]1C(=O)O. The quantitative estimate of drug-likeness (QED) is 0.606. The highest BCUT2D eigenvalue weighted by Gasteiger charge is 2.40. The van der Waals surface area contributed by atoms with Crippen molar-refractivity contribution < 1.29 is 24.6 Å². The van der Waals surface area contributed by atoms with Crippen LogP contribution in [-0.4, -0.2) is 76.7 Å². The molecule has 1 unspecified atom stereocenters. The van der Waals surface area contributed by atoms with Crippen LogP contribution in [-0.2, 0) is 9.59 Å². The average Bonchev–Trinajstić information content (AvgIpc) is 2.79. The van der Waals surface area contributed by atoms with E-state index in [9.17, 15) is 19.5 Å². The van der Waals surface area contributed by atoms with E-state index >= 15 is 0 Å². The maximum atomic E-state index is 12.3. The molecule has 8 nitrogen and oxygen atoms in total. The molecule has 3 amide bonds. The molecule has 8 heteroatoms. The highest BCUT2D eigenvalue weighted by Crippen LogP contribution is 2.20. The molecule has 114 valence electrons. The van der Waals surface area contributed by atoms with Gasteiger partial charge in [0.05, 0.1) is 6.10 Å². The number of aliphatic carboxylic acids is 1. The van der Waals surface area contributed by atoms with Crippen LogP contribution in [0.25, 0.3) is 0 Å². The molecule has 1 aliphatic heterocycles. The molecule has 1 saturated heterocycles. The second-order valence-electron chi connectivity index (χ2n) is 4.77. The van der Waals surface area contributed by atoms with E-state index in [2.05, 4.69) is 5.32 Å². The number of aliphatic hydroxyl groups is 1. The van der Waals surface area contributed by atoms with Crippen LogP contribution in [0.5, 0.6) is 0 Å². The first-order valence-electron chi connectivity index (χ1n) is 6.57. The van der Waals surface area contributed by atoms with Crippen LogP contribution in [0.2, 0.25) is 0 Å². The molecule has 0 aromatic rings. The number of nitrogens with one attached hydrogen (secondary N) is 1. The number of rotatable bonds is 5. The van der Waals surface area contributed by atoms with Crippen LogP contribution >= 0.6 is 0 Å². The number of hydrogen-bond acceptors (Lipinski definition) is 4. The monoisotopic (exact) mass is 287 g/mol. The molecule has 1 aliphatic rings. The molecule has 0 aromatic heterocycles. The van der Waals surface area contributed by atoms with Gasteiger partial charge in [0.2, 0.25) is 5.91 Å². The van der Waals surface area contributed by atoms with Crippen molar-refractivity contribution in [2.24, 2.45) is 0 Å². The standard InChI is InChI=1S/C12H21N3O5/c1-3-4-14(7-10(17)13-2)12(20)15-6-8(16)5-9(15)11(18)19/h8-9,16H,3-7H2,1-2H3,(H,13,17)(H,18,19)/t8?,9-/m0/s1. The molecule has 0 radical (unpaired) electrons. The maximum Gasteiger partial charge on any atom is 0.326 e. The fourth-order valence-electron chi connectivity index (χ4n) is 2.21. The van der Waals surface area contributed by atoms with Gasteiger partial charge < -0.3 is 25.3 Å². The normalized spacial score (nSPS) is 21.6. The van der Waals surface area contributed by atoms with E-state index in [1.807, 2.05) is 6.92 Å². The number of nitrogens with zero attached hydrogens (tertiary/aromatic N) is 2. The summed E-state index contributed by atoms with van der Waals surface area (Å²) < 4.78 is 0. The minimum absolute atomic E-state index is 0.0149. The molecule has 1 heterocycles. The summed E-state index contributed by atoms with van der Waals surface area (Å²) in [5.74, 6) is -1.47. The summed E-state index contributed by atoms with van der Waals surface area (Å²) in [6.45, 7) is 2.06. The minimum atomic E-state index is -1.15. The molecule has 0 aromatic carbocycles. The van der Waals surface area contributed by atoms with E-state index < -0.39 is 24.1 Å². The van der Waals surface area contributed by atoms with Gasteiger partial charge in [-0.3, -0.25) is 4.79 Å². The van der Waals surface area contributed by atoms with E-state index in [1.54, 1.807) is 0 Å². The number of hydrogen-bond donors (Lipinski definition) is 3. The summed E-state index contributed by atoms with van der Waals surface area (Å²) >= 11 is 0. The maximum absolute atomic E-state index is 12.3. The fraction of sp³-hybridized carbons (Fsp3) is 0.750. The van der Waals surface area contributed by atoms with Gasteiger partial charge in [0.15, 0.2) is 0 Å². The Kier molecular flexibility index (Phi) is 5.75. The zero-order valence-corrected chi connectivity index (χ0v) is 11.7. The second kappa shape index (κ2) is 7.09. The first-order chi connectivity index (χ1) is 9.40. The van der Waals surface area contributed by atoms with Gasteiger partial charge in [0.25, 0.3) is 0 Å². The zero-order chi connectivity index (χ0) is 15.3. The van der Waals surface area contributed by atoms with Gasteiger partial charge in [-0.1, -0.05) is 6.92 Å². The number of likely N-dealkylation sites (N-methyl/N-ethyl adjacent to an activating group) is 1. The third-order valence-electron chi connectivity index (χ3n) is 3.19. The van der Waals surface area contributed by atoms with Crippen molar-refractivity contribution in [1.29, 1.82) is 0 Å². The van der Waals surface area contributed by atoms with Gasteiger partial charge in [-0.25, -0.2) is 9.59 Å². The van der Waals surface area contributed by atoms with Gasteiger partial charge in [-0.15, -0.1) is 0 Å². The van der Waals surface area contributed by atoms with Crippen LogP contribution in [0.3, 0.4) is 0 Å². The zero-order valence-electron chi connectivity index (χ0n) is 11.7. The van der Waals surface area contributed by atoms with Crippen LogP contribution in [0.4, 0.5) is 4.79 Å². The Balaban J connectivity index is 2.82. The molecule has 1 rings (SSSR count). The molecule has 0 saturated carbocycles. The molecule has 0 bridgehead atoms. The molecule has 20 heavy (non-hydrogen) atoms. The summed E-state index contributed by atoms with van der Waals surface area (Å²) in [5, 5.41) is 21.1. The lowest BCUT2D eigenvalue weighted by molar-refractivity contribution is -0.141. The highest BCUT2D eigenvalue weighted by molar-refractivity contribution is 5.87. The van der Waals surface area contributed by atoms with Gasteiger partial charge in [-0.2, -0.15) is 0 Å². The Morgan fingerprint density at radius 3 is 2.55 bits per heavy atom. The van der Waals surface area contributed by atoms with Crippen LogP contribution in [0.1, 0.15) is 19.8 Å². The fourth-order valence-corrected chi connectivity index (χ4v) is 2.21. The number of likely N-dealkylation sites (tertiary alicyclic amines) is 1. The topological polar surface area (TPSA) is 110 Å². The number of aliphatic hydroxyl groups excluding tert-OH is 1. The van der Waals surface area contributed by atoms with Crippen molar-refractivity contribution in [2.45, 2.75) is 31.9 Å². The third kappa shape index (κ3) is 3.83. The second-order valence-corrected chi connectivity index (χ2v) is 4.77. The Labute approximate surface area is 117 Å². The van der Waals surface area contributed by atoms with Gasteiger partial charge in [0, 0.05) is 26.6 Å². The predicted molar refractivity (Wildman–Crippen MR) is 70.1 cm³/mol. The van der Waals surface area contributed by atoms with Gasteiger partial charge in [-0.05, 0) is 6.42 Å². The molecular formula is C12H21N3O5. The highest BCUT2D eigenvalue weighted by atomic mass is 16.4. The van der Waals surface area contributed by atoms with Crippen molar-refractivity contribution in [3.8, 4) is 0 Å².